The molecule has 0 fully saturated rings. The molecule has 0 aliphatic rings. The van der Waals surface area contributed by atoms with Crippen LogP contribution in [0.4, 0.5) is 25.2 Å². The van der Waals surface area contributed by atoms with E-state index < -0.39 is 13.8 Å². The fourth-order valence-corrected chi connectivity index (χ4v) is 0.690. The number of aromatic amines is 1. The van der Waals surface area contributed by atoms with Crippen molar-refractivity contribution in [2.75, 3.05) is 0 Å². The summed E-state index contributed by atoms with van der Waals surface area (Å²) in [7, 11) is -10.7. The van der Waals surface area contributed by atoms with Gasteiger partial charge >= 0.3 is 39.0 Å². The molecule has 0 saturated heterocycles. The number of halogens is 6. The number of H-pyrrole nitrogens is 1. The minimum atomic E-state index is -10.7. The maximum absolute atomic E-state index is 10.7. The fourth-order valence-electron chi connectivity index (χ4n) is 0.690. The number of pyridine rings is 1. The van der Waals surface area contributed by atoms with Crippen LogP contribution >= 0.6 is 7.81 Å². The average Bonchev–Trinajstić information content (AvgIpc) is 2.58. The number of fused-ring (bicyclic) bond motifs is 1. The van der Waals surface area contributed by atoms with Gasteiger partial charge in [-0.1, -0.05) is 5.21 Å². The molecule has 2 rings (SSSR count). The van der Waals surface area contributed by atoms with Crippen LogP contribution in [0, 0.1) is 0 Å². The van der Waals surface area contributed by atoms with Crippen molar-refractivity contribution < 1.29 is 57.4 Å². The summed E-state index contributed by atoms with van der Waals surface area (Å²) >= 11 is 0. The van der Waals surface area contributed by atoms with Crippen LogP contribution in [-0.2, 0) is 21.7 Å². The summed E-state index contributed by atoms with van der Waals surface area (Å²) in [4.78, 5) is 3.94. The molecule has 0 spiro atoms. The smallest absolute Gasteiger partial charge is 0.435 e. The Bertz CT molecular complexity index is 542. The quantitative estimate of drug-likeness (QED) is 0.182. The Morgan fingerprint density at radius 2 is 1.67 bits per heavy atom. The molecule has 6 N–H and O–H groups in total. The van der Waals surface area contributed by atoms with Crippen molar-refractivity contribution in [1.29, 1.82) is 0 Å². The monoisotopic (exact) mass is 374 g/mol. The number of aliphatic hydroxyl groups is 1. The van der Waals surface area contributed by atoms with Gasteiger partial charge in [0.05, 0.1) is 0 Å². The van der Waals surface area contributed by atoms with Gasteiger partial charge < -0.3 is 5.11 Å². The van der Waals surface area contributed by atoms with E-state index in [9.17, 15) is 25.2 Å². The molecule has 0 atom stereocenters. The third-order valence-electron chi connectivity index (χ3n) is 1.10. The second kappa shape index (κ2) is 6.54. The third kappa shape index (κ3) is 21.0. The molecule has 0 saturated carbocycles. The summed E-state index contributed by atoms with van der Waals surface area (Å²) in [5.74, 6) is 0. The average molecular weight is 374 g/mol. The second-order valence-corrected chi connectivity index (χ2v) is 4.99. The summed E-state index contributed by atoms with van der Waals surface area (Å²) in [6.45, 7) is 0. The first-order valence-corrected chi connectivity index (χ1v) is 6.43. The van der Waals surface area contributed by atoms with E-state index in [0.29, 0.717) is 5.65 Å². The molecule has 2 aromatic heterocycles. The summed E-state index contributed by atoms with van der Waals surface area (Å²) in [5.41, 5.74) is 5.90. The van der Waals surface area contributed by atoms with E-state index in [-0.39, 0.29) is 21.7 Å². The van der Waals surface area contributed by atoms with Crippen LogP contribution in [0.3, 0.4) is 0 Å². The Morgan fingerprint density at radius 3 is 2.05 bits per heavy atom. The van der Waals surface area contributed by atoms with E-state index in [4.69, 9.17) is 5.11 Å². The number of nitrogens with zero attached hydrogens (tertiary/aromatic N) is 3. The number of hydrogen-bond donors (Lipinski definition) is 4. The number of aromatic nitrogens is 4. The number of nitrogens with one attached hydrogen (secondary N) is 1. The minimum absolute atomic E-state index is 0. The van der Waals surface area contributed by atoms with Crippen LogP contribution < -0.4 is 11.1 Å². The van der Waals surface area contributed by atoms with Crippen LogP contribution in [0.15, 0.2) is 18.3 Å². The molecule has 0 amide bonds. The molecule has 0 aromatic carbocycles. The first-order valence-electron chi connectivity index (χ1n) is 4.40. The van der Waals surface area contributed by atoms with Crippen LogP contribution in [0.5, 0.6) is 0 Å². The summed E-state index contributed by atoms with van der Waals surface area (Å²) in [6, 6.07) is 3.13. The summed E-state index contributed by atoms with van der Waals surface area (Å²) in [5, 5.41) is 21.9. The Balaban J connectivity index is 0. The van der Waals surface area contributed by atoms with Gasteiger partial charge in [0.2, 0.25) is 5.65 Å². The largest absolute Gasteiger partial charge is 0.447 e. The Kier molecular flexibility index (Phi) is 6.80. The predicted molar refractivity (Wildman–Crippen MR) is 59.0 cm³/mol. The van der Waals surface area contributed by atoms with E-state index in [1.54, 1.807) is 6.20 Å². The Morgan fingerprint density at radius 1 is 1.24 bits per heavy atom. The molecule has 0 aliphatic carbocycles. The fraction of sp³-hybridized carbons (Fsp3) is 0. The number of aliphatic hydroxyl groups excluding tert-OH is 1. The SMILES string of the molecule is F[P-](F)(F)(F)(F)F.NC(=[NH2+])O.[Ti].c1cnc2nn[nH]c2c1. The van der Waals surface area contributed by atoms with E-state index >= 15 is 0 Å². The van der Waals surface area contributed by atoms with Gasteiger partial charge in [-0.05, 0) is 12.1 Å². The molecular weight excluding hydrogens is 365 g/mol. The van der Waals surface area contributed by atoms with Crippen molar-refractivity contribution in [3.05, 3.63) is 18.3 Å². The van der Waals surface area contributed by atoms with Gasteiger partial charge in [0.25, 0.3) is 0 Å². The molecule has 7 nitrogen and oxygen atoms in total. The van der Waals surface area contributed by atoms with Crippen LogP contribution in [0.1, 0.15) is 0 Å². The maximum atomic E-state index is 9.87. The van der Waals surface area contributed by atoms with Crippen molar-refractivity contribution in [1.82, 2.24) is 20.4 Å². The van der Waals surface area contributed by atoms with Crippen molar-refractivity contribution in [2.45, 2.75) is 0 Å². The molecule has 21 heavy (non-hydrogen) atoms. The van der Waals surface area contributed by atoms with E-state index in [2.05, 4.69) is 31.5 Å². The van der Waals surface area contributed by atoms with Crippen molar-refractivity contribution in [3.63, 3.8) is 0 Å². The van der Waals surface area contributed by atoms with Gasteiger partial charge in [-0.25, -0.2) is 4.98 Å². The van der Waals surface area contributed by atoms with Crippen molar-refractivity contribution in [3.8, 4) is 0 Å². The maximum Gasteiger partial charge on any atom is 0.435 e. The van der Waals surface area contributed by atoms with Gasteiger partial charge in [0, 0.05) is 27.9 Å². The molecule has 0 aliphatic heterocycles. The van der Waals surface area contributed by atoms with E-state index in [1.165, 1.54) is 0 Å². The van der Waals surface area contributed by atoms with Crippen LogP contribution in [-0.4, -0.2) is 31.5 Å². The van der Waals surface area contributed by atoms with E-state index in [0.717, 1.165) is 5.52 Å². The van der Waals surface area contributed by atoms with Gasteiger partial charge in [-0.2, -0.15) is 0 Å². The number of nitrogens with two attached hydrogens (primary N) is 2. The minimum Gasteiger partial charge on any atom is -0.447 e. The number of hydrogen-bond acceptors (Lipinski definition) is 3. The van der Waals surface area contributed by atoms with Crippen LogP contribution in [0.2, 0.25) is 0 Å². The van der Waals surface area contributed by atoms with Crippen molar-refractivity contribution >= 4 is 25.0 Å². The summed E-state index contributed by atoms with van der Waals surface area (Å²) < 4.78 is 59.2. The first-order chi connectivity index (χ1) is 8.65. The second-order valence-electron chi connectivity index (χ2n) is 3.07. The standard InChI is InChI=1S/C5H4N4.CH4N2O.F6P.Ti/c1-2-4-5(6-3-1)8-9-7-4;2-1(3)4;1-7(2,3,4,5)6;/h1-3H,(H,6,7,8,9);(H4,2,3,4);;/q;;-1;/p+1. The topological polar surface area (TPSA) is 126 Å². The molecule has 2 aromatic rings. The predicted octanol–water partition coefficient (Wildman–Crippen LogP) is 1.35. The molecular formula is C6H9F6N6OPTi. The Hall–Kier alpha value is -1.46. The molecule has 15 heteroatoms. The normalized spacial score (nSPS) is 13.2. The Labute approximate surface area is 127 Å². The summed E-state index contributed by atoms with van der Waals surface area (Å²) in [6.07, 6.45) is 1.69. The van der Waals surface area contributed by atoms with E-state index in [1.807, 2.05) is 12.1 Å². The zero-order valence-corrected chi connectivity index (χ0v) is 12.3. The molecule has 120 valence electrons. The van der Waals surface area contributed by atoms with Crippen LogP contribution in [0.25, 0.3) is 11.2 Å². The third-order valence-corrected chi connectivity index (χ3v) is 1.10. The van der Waals surface area contributed by atoms with Gasteiger partial charge in [-0.15, -0.1) is 5.10 Å². The molecule has 0 radical (unpaired) electrons. The number of rotatable bonds is 0. The molecule has 0 unspecified atom stereocenters. The van der Waals surface area contributed by atoms with Gasteiger partial charge in [0.15, 0.2) is 0 Å². The molecule has 0 bridgehead atoms. The van der Waals surface area contributed by atoms with Gasteiger partial charge in [-0.3, -0.25) is 16.2 Å². The number of amidine groups is 1. The molecule has 2 heterocycles. The first kappa shape index (κ1) is 21.8. The van der Waals surface area contributed by atoms with Crippen molar-refractivity contribution in [2.24, 2.45) is 5.73 Å². The zero-order valence-electron chi connectivity index (χ0n) is 9.89. The zero-order chi connectivity index (χ0) is 16.1. The van der Waals surface area contributed by atoms with Gasteiger partial charge in [0.1, 0.15) is 5.52 Å².